The lowest BCUT2D eigenvalue weighted by molar-refractivity contribution is -0.122. The van der Waals surface area contributed by atoms with E-state index in [0.29, 0.717) is 12.8 Å². The fraction of sp³-hybridized carbons (Fsp3) is 0.775. The van der Waals surface area contributed by atoms with Crippen LogP contribution in [0.1, 0.15) is 181 Å². The van der Waals surface area contributed by atoms with Crippen LogP contribution in [0, 0.1) is 0 Å². The predicted octanol–water partition coefficient (Wildman–Crippen LogP) is 11.1. The van der Waals surface area contributed by atoms with Gasteiger partial charge in [0, 0.05) is 6.42 Å². The van der Waals surface area contributed by atoms with E-state index in [1.54, 1.807) is 6.08 Å². The second kappa shape index (κ2) is 34.2. The maximum atomic E-state index is 12.4. The number of unbranched alkanes of at least 4 members (excludes halogenated alkanes) is 20. The van der Waals surface area contributed by atoms with E-state index in [1.165, 1.54) is 96.0 Å². The van der Waals surface area contributed by atoms with Gasteiger partial charge in [-0.1, -0.05) is 159 Å². The van der Waals surface area contributed by atoms with Crippen LogP contribution < -0.4 is 5.32 Å². The molecule has 0 aromatic carbocycles. The molecule has 274 valence electrons. The van der Waals surface area contributed by atoms with E-state index in [0.717, 1.165) is 57.8 Å². The first kappa shape index (κ1) is 45.3. The first-order chi connectivity index (χ1) is 22.8. The van der Waals surface area contributed by atoms with Crippen LogP contribution in [-0.4, -0.2) is 41.9 Å². The van der Waals surface area contributed by atoms with Crippen LogP contribution in [0.15, 0.2) is 48.6 Å². The molecule has 47 heavy (non-hydrogen) atoms. The summed E-state index contributed by atoms with van der Waals surface area (Å²) in [6.07, 6.45) is 45.3. The lowest BCUT2D eigenvalue weighted by atomic mass is 10.1. The van der Waals surface area contributed by atoms with Crippen molar-refractivity contribution in [1.29, 1.82) is 0 Å². The smallest absolute Gasteiger partial charge is 0.267 e. The van der Waals surface area contributed by atoms with Crippen LogP contribution in [0.5, 0.6) is 0 Å². The molecule has 0 aromatic rings. The summed E-state index contributed by atoms with van der Waals surface area (Å²) >= 11 is 0. The molecule has 0 aliphatic rings. The molecule has 0 aliphatic carbocycles. The van der Waals surface area contributed by atoms with Crippen molar-refractivity contribution in [2.45, 2.75) is 193 Å². The van der Waals surface area contributed by atoms with E-state index in [-0.39, 0.29) is 12.3 Å². The summed E-state index contributed by atoms with van der Waals surface area (Å²) in [5.74, 6) is -1.02. The average Bonchev–Trinajstić information content (AvgIpc) is 3.03. The molecule has 6 nitrogen and oxygen atoms in total. The zero-order valence-electron chi connectivity index (χ0n) is 30.4. The Hall–Kier alpha value is -1.70. The molecule has 1 amide bonds. The molecule has 0 aromatic heterocycles. The highest BCUT2D eigenvalue weighted by Crippen LogP contribution is 2.13. The summed E-state index contributed by atoms with van der Waals surface area (Å²) in [5.41, 5.74) is 0. The molecule has 3 N–H and O–H groups in total. The minimum absolute atomic E-state index is 0.272. The van der Waals surface area contributed by atoms with Crippen molar-refractivity contribution in [2.24, 2.45) is 0 Å². The number of amides is 1. The first-order valence-electron chi connectivity index (χ1n) is 19.3. The Bertz CT molecular complexity index is 925. The zero-order valence-corrected chi connectivity index (χ0v) is 31.2. The van der Waals surface area contributed by atoms with E-state index in [4.69, 9.17) is 0 Å². The topological polar surface area (TPSA) is 104 Å². The van der Waals surface area contributed by atoms with Crippen LogP contribution in [0.3, 0.4) is 0 Å². The van der Waals surface area contributed by atoms with Gasteiger partial charge in [-0.15, -0.1) is 0 Å². The van der Waals surface area contributed by atoms with Gasteiger partial charge in [0.05, 0.1) is 17.9 Å². The molecule has 0 spiro atoms. The van der Waals surface area contributed by atoms with Gasteiger partial charge in [-0.3, -0.25) is 9.35 Å². The number of rotatable bonds is 34. The molecule has 0 radical (unpaired) electrons. The van der Waals surface area contributed by atoms with Crippen molar-refractivity contribution in [3.63, 3.8) is 0 Å². The average molecular weight is 680 g/mol. The first-order valence-corrected chi connectivity index (χ1v) is 20.9. The summed E-state index contributed by atoms with van der Waals surface area (Å²) in [6.45, 7) is 4.47. The van der Waals surface area contributed by atoms with Gasteiger partial charge in [-0.2, -0.15) is 8.42 Å². The summed E-state index contributed by atoms with van der Waals surface area (Å²) in [6, 6.07) is -1.08. The minimum atomic E-state index is -4.36. The zero-order chi connectivity index (χ0) is 34.7. The maximum absolute atomic E-state index is 12.4. The molecule has 0 rings (SSSR count). The van der Waals surface area contributed by atoms with E-state index in [9.17, 15) is 22.9 Å². The Morgan fingerprint density at radius 1 is 0.553 bits per heavy atom. The number of carbonyl (C=O) groups excluding carboxylic acids is 1. The molecule has 2 atom stereocenters. The molecule has 2 unspecified atom stereocenters. The van der Waals surface area contributed by atoms with Gasteiger partial charge in [0.25, 0.3) is 10.1 Å². The fourth-order valence-electron chi connectivity index (χ4n) is 5.52. The summed E-state index contributed by atoms with van der Waals surface area (Å²) in [7, 11) is -4.36. The van der Waals surface area contributed by atoms with Crippen molar-refractivity contribution in [1.82, 2.24) is 5.32 Å². The minimum Gasteiger partial charge on any atom is -0.387 e. The Morgan fingerprint density at radius 2 is 0.936 bits per heavy atom. The number of carbonyl (C=O) groups is 1. The Balaban J connectivity index is 4.02. The van der Waals surface area contributed by atoms with Gasteiger partial charge in [0.2, 0.25) is 5.91 Å². The molecular formula is C40H73NO5S. The standard InChI is InChI=1S/C40H73NO5S/c1-3-5-7-9-11-13-15-16-17-18-19-20-21-22-23-24-26-27-29-31-33-35-39(42)38(37-47(44,45)46)41-40(43)36-34-32-30-28-25-14-12-10-8-6-4-2/h10,12,21-22,26-27,33,35,38-39,42H,3-9,11,13-20,23-25,28-32,34,36-37H2,1-2H3,(H,41,43)(H,44,45,46)/b12-10-,22-21+,27-26+,35-33+. The molecule has 7 heteroatoms. The Kier molecular flexibility index (Phi) is 32.9. The molecule has 0 bridgehead atoms. The quantitative estimate of drug-likeness (QED) is 0.0357. The van der Waals surface area contributed by atoms with Crippen molar-refractivity contribution in [2.75, 3.05) is 5.75 Å². The third-order valence-corrected chi connectivity index (χ3v) is 9.24. The van der Waals surface area contributed by atoms with Gasteiger partial charge in [-0.05, 0) is 64.2 Å². The number of hydrogen-bond donors (Lipinski definition) is 3. The number of nitrogens with one attached hydrogen (secondary N) is 1. The molecule has 0 aliphatic heterocycles. The van der Waals surface area contributed by atoms with Crippen molar-refractivity contribution >= 4 is 16.0 Å². The van der Waals surface area contributed by atoms with Crippen LogP contribution in [-0.2, 0) is 14.9 Å². The molecule has 0 fully saturated rings. The predicted molar refractivity (Wildman–Crippen MR) is 202 cm³/mol. The number of allylic oxidation sites excluding steroid dienone is 7. The fourth-order valence-corrected chi connectivity index (χ4v) is 6.25. The molecule has 0 heterocycles. The highest BCUT2D eigenvalue weighted by molar-refractivity contribution is 7.85. The van der Waals surface area contributed by atoms with Crippen LogP contribution >= 0.6 is 0 Å². The second-order valence-corrected chi connectivity index (χ2v) is 14.7. The van der Waals surface area contributed by atoms with Gasteiger partial charge in [0.15, 0.2) is 0 Å². The lowest BCUT2D eigenvalue weighted by Gasteiger charge is -2.21. The molecular weight excluding hydrogens is 607 g/mol. The SMILES string of the molecule is CCCC/C=C\CCCCCCCC(=O)NC(CS(=O)(=O)O)C(O)/C=C/CC/C=C/CC/C=C/CCCCCCCCCCCCC. The number of hydrogen-bond acceptors (Lipinski definition) is 4. The van der Waals surface area contributed by atoms with Crippen molar-refractivity contribution in [3.05, 3.63) is 48.6 Å². The third-order valence-electron chi connectivity index (χ3n) is 8.46. The largest absolute Gasteiger partial charge is 0.387 e. The van der Waals surface area contributed by atoms with Crippen LogP contribution in [0.2, 0.25) is 0 Å². The molecule has 0 saturated heterocycles. The highest BCUT2D eigenvalue weighted by atomic mass is 32.2. The number of aliphatic hydroxyl groups is 1. The van der Waals surface area contributed by atoms with Crippen molar-refractivity contribution in [3.8, 4) is 0 Å². The van der Waals surface area contributed by atoms with E-state index in [2.05, 4.69) is 55.6 Å². The van der Waals surface area contributed by atoms with Gasteiger partial charge >= 0.3 is 0 Å². The molecule has 0 saturated carbocycles. The van der Waals surface area contributed by atoms with E-state index < -0.39 is 28.0 Å². The monoisotopic (exact) mass is 680 g/mol. The summed E-state index contributed by atoms with van der Waals surface area (Å²) < 4.78 is 32.3. The van der Waals surface area contributed by atoms with Gasteiger partial charge in [-0.25, -0.2) is 0 Å². The number of aliphatic hydroxyl groups excluding tert-OH is 1. The lowest BCUT2D eigenvalue weighted by Crippen LogP contribution is -2.46. The Morgan fingerprint density at radius 3 is 1.40 bits per heavy atom. The van der Waals surface area contributed by atoms with Crippen molar-refractivity contribution < 1.29 is 22.9 Å². The maximum Gasteiger partial charge on any atom is 0.267 e. The van der Waals surface area contributed by atoms with Gasteiger partial charge in [0.1, 0.15) is 0 Å². The van der Waals surface area contributed by atoms with E-state index >= 15 is 0 Å². The van der Waals surface area contributed by atoms with Crippen LogP contribution in [0.4, 0.5) is 0 Å². The van der Waals surface area contributed by atoms with Gasteiger partial charge < -0.3 is 10.4 Å². The normalized spacial score (nSPS) is 13.9. The van der Waals surface area contributed by atoms with E-state index in [1.807, 2.05) is 0 Å². The second-order valence-electron chi connectivity index (χ2n) is 13.2. The third kappa shape index (κ3) is 35.4. The summed E-state index contributed by atoms with van der Waals surface area (Å²) in [5, 5.41) is 13.1. The highest BCUT2D eigenvalue weighted by Gasteiger charge is 2.24. The summed E-state index contributed by atoms with van der Waals surface area (Å²) in [4.78, 5) is 12.4. The van der Waals surface area contributed by atoms with Crippen LogP contribution in [0.25, 0.3) is 0 Å². The Labute approximate surface area is 290 Å².